The van der Waals surface area contributed by atoms with E-state index in [4.69, 9.17) is 0 Å². The molecule has 1 atom stereocenters. The molecule has 1 unspecified atom stereocenters. The van der Waals surface area contributed by atoms with Crippen LogP contribution in [0, 0.1) is 6.92 Å². The van der Waals surface area contributed by atoms with Crippen LogP contribution >= 0.6 is 11.3 Å². The van der Waals surface area contributed by atoms with Gasteiger partial charge in [-0.05, 0) is 29.5 Å². The van der Waals surface area contributed by atoms with E-state index in [-0.39, 0.29) is 11.9 Å². The van der Waals surface area contributed by atoms with Gasteiger partial charge in [-0.1, -0.05) is 66.2 Å². The second kappa shape index (κ2) is 7.25. The van der Waals surface area contributed by atoms with Crippen molar-refractivity contribution in [2.45, 2.75) is 19.4 Å². The minimum Gasteiger partial charge on any atom is -0.345 e. The van der Waals surface area contributed by atoms with Gasteiger partial charge in [0, 0.05) is 4.88 Å². The first-order valence-corrected chi connectivity index (χ1v) is 8.53. The maximum absolute atomic E-state index is 12.4. The summed E-state index contributed by atoms with van der Waals surface area (Å²) in [6.07, 6.45) is 0.423. The molecule has 23 heavy (non-hydrogen) atoms. The van der Waals surface area contributed by atoms with E-state index in [1.165, 1.54) is 5.56 Å². The van der Waals surface area contributed by atoms with Crippen molar-refractivity contribution in [2.75, 3.05) is 0 Å². The SMILES string of the molecule is Cc1ccc(C(NC(=O)Cc2cccs2)c2ccccc2)cc1. The second-order valence-electron chi connectivity index (χ2n) is 5.58. The molecule has 3 aromatic rings. The van der Waals surface area contributed by atoms with Crippen molar-refractivity contribution in [2.24, 2.45) is 0 Å². The molecule has 0 aliphatic carbocycles. The highest BCUT2D eigenvalue weighted by Crippen LogP contribution is 2.23. The van der Waals surface area contributed by atoms with E-state index in [9.17, 15) is 4.79 Å². The van der Waals surface area contributed by atoms with Crippen LogP contribution in [0.4, 0.5) is 0 Å². The van der Waals surface area contributed by atoms with E-state index < -0.39 is 0 Å². The zero-order valence-corrected chi connectivity index (χ0v) is 13.8. The zero-order chi connectivity index (χ0) is 16.1. The lowest BCUT2D eigenvalue weighted by atomic mass is 9.97. The van der Waals surface area contributed by atoms with E-state index in [1.807, 2.05) is 35.7 Å². The Labute approximate surface area is 140 Å². The fourth-order valence-corrected chi connectivity index (χ4v) is 3.25. The van der Waals surface area contributed by atoms with Crippen LogP contribution in [-0.4, -0.2) is 5.91 Å². The van der Waals surface area contributed by atoms with E-state index in [0.717, 1.165) is 16.0 Å². The monoisotopic (exact) mass is 321 g/mol. The minimum atomic E-state index is -0.121. The number of rotatable bonds is 5. The first kappa shape index (κ1) is 15.5. The van der Waals surface area contributed by atoms with Crippen LogP contribution in [0.2, 0.25) is 0 Å². The average molecular weight is 321 g/mol. The summed E-state index contributed by atoms with van der Waals surface area (Å²) in [7, 11) is 0. The molecule has 116 valence electrons. The number of hydrogen-bond donors (Lipinski definition) is 1. The molecule has 2 aromatic carbocycles. The summed E-state index contributed by atoms with van der Waals surface area (Å²) in [6.45, 7) is 2.07. The van der Waals surface area contributed by atoms with Crippen LogP contribution in [0.15, 0.2) is 72.1 Å². The van der Waals surface area contributed by atoms with Gasteiger partial charge in [-0.25, -0.2) is 0 Å². The number of benzene rings is 2. The minimum absolute atomic E-state index is 0.0434. The molecule has 0 bridgehead atoms. The van der Waals surface area contributed by atoms with Crippen LogP contribution < -0.4 is 5.32 Å². The Bertz CT molecular complexity index is 748. The van der Waals surface area contributed by atoms with Crippen LogP contribution in [0.3, 0.4) is 0 Å². The molecule has 0 saturated carbocycles. The molecule has 1 amide bonds. The fourth-order valence-electron chi connectivity index (χ4n) is 2.55. The average Bonchev–Trinajstić information content (AvgIpc) is 3.07. The summed E-state index contributed by atoms with van der Waals surface area (Å²) in [5.74, 6) is 0.0434. The van der Waals surface area contributed by atoms with Crippen molar-refractivity contribution < 1.29 is 4.79 Å². The van der Waals surface area contributed by atoms with Gasteiger partial charge in [-0.3, -0.25) is 4.79 Å². The molecule has 2 nitrogen and oxygen atoms in total. The van der Waals surface area contributed by atoms with Crippen LogP contribution in [0.25, 0.3) is 0 Å². The van der Waals surface area contributed by atoms with Crippen LogP contribution in [0.5, 0.6) is 0 Å². The maximum atomic E-state index is 12.4. The number of nitrogens with one attached hydrogen (secondary N) is 1. The number of carbonyl (C=O) groups is 1. The Hall–Kier alpha value is -2.39. The summed E-state index contributed by atoms with van der Waals surface area (Å²) in [5, 5.41) is 5.17. The number of hydrogen-bond acceptors (Lipinski definition) is 2. The first-order valence-electron chi connectivity index (χ1n) is 7.65. The van der Waals surface area contributed by atoms with Gasteiger partial charge in [0.15, 0.2) is 0 Å². The molecular weight excluding hydrogens is 302 g/mol. The highest BCUT2D eigenvalue weighted by molar-refractivity contribution is 7.10. The molecule has 1 aromatic heterocycles. The predicted molar refractivity (Wildman–Crippen MR) is 95.6 cm³/mol. The van der Waals surface area contributed by atoms with E-state index in [1.54, 1.807) is 11.3 Å². The largest absolute Gasteiger partial charge is 0.345 e. The lowest BCUT2D eigenvalue weighted by Crippen LogP contribution is -2.30. The van der Waals surface area contributed by atoms with E-state index in [0.29, 0.717) is 6.42 Å². The molecule has 1 heterocycles. The van der Waals surface area contributed by atoms with Gasteiger partial charge < -0.3 is 5.32 Å². The Kier molecular flexibility index (Phi) is 4.89. The molecule has 0 spiro atoms. The third-order valence-corrected chi connectivity index (χ3v) is 4.64. The molecule has 0 radical (unpaired) electrons. The third kappa shape index (κ3) is 4.08. The van der Waals surface area contributed by atoms with Crippen molar-refractivity contribution >= 4 is 17.2 Å². The summed E-state index contributed by atoms with van der Waals surface area (Å²) in [4.78, 5) is 13.5. The second-order valence-corrected chi connectivity index (χ2v) is 6.61. The zero-order valence-electron chi connectivity index (χ0n) is 13.0. The van der Waals surface area contributed by atoms with Gasteiger partial charge in [0.05, 0.1) is 12.5 Å². The van der Waals surface area contributed by atoms with E-state index in [2.05, 4.69) is 48.6 Å². The van der Waals surface area contributed by atoms with Gasteiger partial charge in [0.1, 0.15) is 0 Å². The summed E-state index contributed by atoms with van der Waals surface area (Å²) in [6, 6.07) is 22.3. The third-order valence-electron chi connectivity index (χ3n) is 3.76. The molecule has 0 saturated heterocycles. The lowest BCUT2D eigenvalue weighted by Gasteiger charge is -2.20. The molecule has 3 heteroatoms. The smallest absolute Gasteiger partial charge is 0.226 e. The molecule has 0 aliphatic heterocycles. The van der Waals surface area contributed by atoms with Gasteiger partial charge in [-0.2, -0.15) is 0 Å². The predicted octanol–water partition coefficient (Wildman–Crippen LogP) is 4.50. The number of thiophene rings is 1. The van der Waals surface area contributed by atoms with Gasteiger partial charge >= 0.3 is 0 Å². The van der Waals surface area contributed by atoms with Gasteiger partial charge in [-0.15, -0.1) is 11.3 Å². The summed E-state index contributed by atoms with van der Waals surface area (Å²) >= 11 is 1.61. The molecule has 1 N–H and O–H groups in total. The van der Waals surface area contributed by atoms with Crippen molar-refractivity contribution in [1.29, 1.82) is 0 Å². The van der Waals surface area contributed by atoms with E-state index >= 15 is 0 Å². The van der Waals surface area contributed by atoms with Gasteiger partial charge in [0.25, 0.3) is 0 Å². The Morgan fingerprint density at radius 3 is 2.30 bits per heavy atom. The summed E-state index contributed by atoms with van der Waals surface area (Å²) < 4.78 is 0. The highest BCUT2D eigenvalue weighted by Gasteiger charge is 2.17. The Morgan fingerprint density at radius 2 is 1.65 bits per heavy atom. The Balaban J connectivity index is 1.83. The molecule has 3 rings (SSSR count). The lowest BCUT2D eigenvalue weighted by molar-refractivity contribution is -0.120. The van der Waals surface area contributed by atoms with Crippen molar-refractivity contribution in [1.82, 2.24) is 5.32 Å². The fraction of sp³-hybridized carbons (Fsp3) is 0.150. The normalized spacial score (nSPS) is 11.9. The number of aryl methyl sites for hydroxylation is 1. The van der Waals surface area contributed by atoms with Crippen LogP contribution in [-0.2, 0) is 11.2 Å². The number of carbonyl (C=O) groups excluding carboxylic acids is 1. The van der Waals surface area contributed by atoms with Crippen LogP contribution in [0.1, 0.15) is 27.6 Å². The topological polar surface area (TPSA) is 29.1 Å². The summed E-state index contributed by atoms with van der Waals surface area (Å²) in [5.41, 5.74) is 3.41. The Morgan fingerprint density at radius 1 is 0.957 bits per heavy atom. The maximum Gasteiger partial charge on any atom is 0.226 e. The number of amides is 1. The van der Waals surface area contributed by atoms with Crippen molar-refractivity contribution in [3.05, 3.63) is 93.7 Å². The molecule has 0 aliphatic rings. The molecule has 0 fully saturated rings. The first-order chi connectivity index (χ1) is 11.2. The van der Waals surface area contributed by atoms with Crippen molar-refractivity contribution in [3.63, 3.8) is 0 Å². The quantitative estimate of drug-likeness (QED) is 0.736. The highest BCUT2D eigenvalue weighted by atomic mass is 32.1. The molecular formula is C20H19NOS. The van der Waals surface area contributed by atoms with Gasteiger partial charge in [0.2, 0.25) is 5.91 Å². The van der Waals surface area contributed by atoms with Crippen molar-refractivity contribution in [3.8, 4) is 0 Å². The standard InChI is InChI=1S/C20H19NOS/c1-15-9-11-17(12-10-15)20(16-6-3-2-4-7-16)21-19(22)14-18-8-5-13-23-18/h2-13,20H,14H2,1H3,(H,21,22).